The van der Waals surface area contributed by atoms with E-state index in [-0.39, 0.29) is 21.8 Å². The summed E-state index contributed by atoms with van der Waals surface area (Å²) < 4.78 is 33.3. The van der Waals surface area contributed by atoms with Gasteiger partial charge in [0.1, 0.15) is 16.5 Å². The smallest absolute Gasteiger partial charge is 0.268 e. The third-order valence-corrected chi connectivity index (χ3v) is 6.70. The van der Waals surface area contributed by atoms with Gasteiger partial charge >= 0.3 is 0 Å². The standard InChI is InChI=1S/C21H29N5O4S/c1-6-30-20-14(3)10-15(18(24-20)26-12-13(2)11-21(26,4)5)19(27)25-31(28,29)16-8-7-9-23-17(16)22/h7-10,13H,6,11-12H2,1-5H3,(H2,22,23)(H,25,27)/t13-/m0/s1. The van der Waals surface area contributed by atoms with Crippen LogP contribution in [-0.2, 0) is 10.0 Å². The van der Waals surface area contributed by atoms with Gasteiger partial charge in [-0.15, -0.1) is 0 Å². The molecule has 0 radical (unpaired) electrons. The highest BCUT2D eigenvalue weighted by Gasteiger charge is 2.39. The number of ether oxygens (including phenoxy) is 1. The molecule has 0 saturated carbocycles. The lowest BCUT2D eigenvalue weighted by Gasteiger charge is -2.34. The van der Waals surface area contributed by atoms with Crippen molar-refractivity contribution < 1.29 is 17.9 Å². The molecule has 3 rings (SSSR count). The van der Waals surface area contributed by atoms with Gasteiger partial charge in [-0.2, -0.15) is 4.98 Å². The second-order valence-corrected chi connectivity index (χ2v) is 10.1. The number of hydrogen-bond donors (Lipinski definition) is 2. The summed E-state index contributed by atoms with van der Waals surface area (Å²) in [5, 5.41) is 0. The van der Waals surface area contributed by atoms with Crippen LogP contribution in [-0.4, -0.2) is 43.0 Å². The van der Waals surface area contributed by atoms with Crippen LogP contribution in [0.25, 0.3) is 0 Å². The van der Waals surface area contributed by atoms with Gasteiger partial charge in [0, 0.05) is 23.8 Å². The molecule has 10 heteroatoms. The molecule has 3 heterocycles. The lowest BCUT2D eigenvalue weighted by Crippen LogP contribution is -2.41. The van der Waals surface area contributed by atoms with E-state index in [9.17, 15) is 13.2 Å². The molecule has 0 spiro atoms. The van der Waals surface area contributed by atoms with Crippen molar-refractivity contribution >= 4 is 27.6 Å². The lowest BCUT2D eigenvalue weighted by atomic mass is 9.97. The molecule has 1 saturated heterocycles. The number of carbonyl (C=O) groups is 1. The molecule has 1 fully saturated rings. The summed E-state index contributed by atoms with van der Waals surface area (Å²) in [7, 11) is -4.22. The van der Waals surface area contributed by atoms with Crippen molar-refractivity contribution in [2.45, 2.75) is 51.5 Å². The first-order valence-corrected chi connectivity index (χ1v) is 11.6. The molecule has 1 aliphatic rings. The summed E-state index contributed by atoms with van der Waals surface area (Å²) in [4.78, 5) is 23.4. The van der Waals surface area contributed by atoms with Gasteiger partial charge in [-0.1, -0.05) is 6.92 Å². The van der Waals surface area contributed by atoms with Crippen LogP contribution in [0.2, 0.25) is 0 Å². The van der Waals surface area contributed by atoms with Crippen molar-refractivity contribution in [1.82, 2.24) is 14.7 Å². The van der Waals surface area contributed by atoms with Gasteiger partial charge < -0.3 is 15.4 Å². The summed E-state index contributed by atoms with van der Waals surface area (Å²) in [5.74, 6) is 0.244. The Kier molecular flexibility index (Phi) is 6.13. The second-order valence-electron chi connectivity index (χ2n) is 8.47. The van der Waals surface area contributed by atoms with Crippen molar-refractivity contribution in [3.8, 4) is 5.88 Å². The summed E-state index contributed by atoms with van der Waals surface area (Å²) in [6.45, 7) is 11.0. The van der Waals surface area contributed by atoms with Gasteiger partial charge in [-0.05, 0) is 58.2 Å². The van der Waals surface area contributed by atoms with Crippen molar-refractivity contribution in [1.29, 1.82) is 0 Å². The van der Waals surface area contributed by atoms with Crippen LogP contribution in [0.4, 0.5) is 11.6 Å². The zero-order chi connectivity index (χ0) is 23.0. The van der Waals surface area contributed by atoms with Crippen LogP contribution < -0.4 is 20.1 Å². The molecule has 0 bridgehead atoms. The van der Waals surface area contributed by atoms with E-state index < -0.39 is 15.9 Å². The van der Waals surface area contributed by atoms with Gasteiger partial charge in [-0.3, -0.25) is 4.79 Å². The predicted molar refractivity (Wildman–Crippen MR) is 119 cm³/mol. The van der Waals surface area contributed by atoms with Gasteiger partial charge in [-0.25, -0.2) is 18.1 Å². The number of aromatic nitrogens is 2. The number of pyridine rings is 2. The van der Waals surface area contributed by atoms with Gasteiger partial charge in [0.2, 0.25) is 5.88 Å². The van der Waals surface area contributed by atoms with E-state index in [1.54, 1.807) is 13.0 Å². The van der Waals surface area contributed by atoms with E-state index >= 15 is 0 Å². The van der Waals surface area contributed by atoms with E-state index in [4.69, 9.17) is 10.5 Å². The van der Waals surface area contributed by atoms with Crippen LogP contribution >= 0.6 is 0 Å². The van der Waals surface area contributed by atoms with E-state index in [1.165, 1.54) is 18.3 Å². The highest BCUT2D eigenvalue weighted by atomic mass is 32.2. The van der Waals surface area contributed by atoms with Crippen LogP contribution in [0.3, 0.4) is 0 Å². The number of nitrogen functional groups attached to an aromatic ring is 1. The molecule has 2 aromatic rings. The van der Waals surface area contributed by atoms with Crippen molar-refractivity contribution in [3.05, 3.63) is 35.5 Å². The molecule has 31 heavy (non-hydrogen) atoms. The number of rotatable bonds is 6. The summed E-state index contributed by atoms with van der Waals surface area (Å²) in [5.41, 5.74) is 6.24. The third kappa shape index (κ3) is 4.58. The van der Waals surface area contributed by atoms with Crippen LogP contribution in [0.5, 0.6) is 5.88 Å². The van der Waals surface area contributed by atoms with E-state index in [0.29, 0.717) is 36.3 Å². The molecular weight excluding hydrogens is 418 g/mol. The minimum Gasteiger partial charge on any atom is -0.478 e. The summed E-state index contributed by atoms with van der Waals surface area (Å²) in [6, 6.07) is 4.35. The van der Waals surface area contributed by atoms with Crippen LogP contribution in [0.15, 0.2) is 29.3 Å². The quantitative estimate of drug-likeness (QED) is 0.691. The van der Waals surface area contributed by atoms with Crippen molar-refractivity contribution in [2.75, 3.05) is 23.8 Å². The molecule has 2 aromatic heterocycles. The Morgan fingerprint density at radius 2 is 2.13 bits per heavy atom. The average molecular weight is 448 g/mol. The number of hydrogen-bond acceptors (Lipinski definition) is 8. The molecule has 9 nitrogen and oxygen atoms in total. The Bertz CT molecular complexity index is 1100. The normalized spacial score (nSPS) is 18.1. The second kappa shape index (κ2) is 8.33. The van der Waals surface area contributed by atoms with E-state index in [0.717, 1.165) is 6.42 Å². The number of aryl methyl sites for hydroxylation is 1. The Hall–Kier alpha value is -2.88. The van der Waals surface area contributed by atoms with E-state index in [1.807, 2.05) is 11.8 Å². The maximum atomic E-state index is 13.2. The summed E-state index contributed by atoms with van der Waals surface area (Å²) >= 11 is 0. The molecule has 3 N–H and O–H groups in total. The zero-order valence-electron chi connectivity index (χ0n) is 18.5. The number of nitrogens with two attached hydrogens (primary N) is 1. The zero-order valence-corrected chi connectivity index (χ0v) is 19.3. The fourth-order valence-electron chi connectivity index (χ4n) is 4.06. The molecular formula is C21H29N5O4S. The Morgan fingerprint density at radius 1 is 1.42 bits per heavy atom. The maximum absolute atomic E-state index is 13.2. The number of sulfonamides is 1. The molecule has 1 aliphatic heterocycles. The number of anilines is 2. The number of amides is 1. The predicted octanol–water partition coefficient (Wildman–Crippen LogP) is 2.51. The maximum Gasteiger partial charge on any atom is 0.268 e. The fraction of sp³-hybridized carbons (Fsp3) is 0.476. The molecule has 1 amide bonds. The molecule has 0 unspecified atom stereocenters. The third-order valence-electron chi connectivity index (χ3n) is 5.32. The monoisotopic (exact) mass is 447 g/mol. The molecule has 0 aliphatic carbocycles. The average Bonchev–Trinajstić information content (AvgIpc) is 2.95. The Labute approximate surface area is 183 Å². The first kappa shape index (κ1) is 22.8. The van der Waals surface area contributed by atoms with E-state index in [2.05, 4.69) is 35.5 Å². The van der Waals surface area contributed by atoms with Gasteiger partial charge in [0.15, 0.2) is 0 Å². The highest BCUT2D eigenvalue weighted by molar-refractivity contribution is 7.90. The minimum atomic E-state index is -4.22. The highest BCUT2D eigenvalue weighted by Crippen LogP contribution is 2.38. The fourth-order valence-corrected chi connectivity index (χ4v) is 5.11. The van der Waals surface area contributed by atoms with Gasteiger partial charge in [0.05, 0.1) is 12.2 Å². The molecule has 168 valence electrons. The SMILES string of the molecule is CCOc1nc(N2C[C@@H](C)CC2(C)C)c(C(=O)NS(=O)(=O)c2cccnc2N)cc1C. The first-order chi connectivity index (χ1) is 14.5. The van der Waals surface area contributed by atoms with Crippen molar-refractivity contribution in [3.63, 3.8) is 0 Å². The largest absolute Gasteiger partial charge is 0.478 e. The minimum absolute atomic E-state index is 0.161. The van der Waals surface area contributed by atoms with Crippen molar-refractivity contribution in [2.24, 2.45) is 5.92 Å². The summed E-state index contributed by atoms with van der Waals surface area (Å²) in [6.07, 6.45) is 2.29. The van der Waals surface area contributed by atoms with Crippen LogP contribution in [0.1, 0.15) is 50.0 Å². The number of carbonyl (C=O) groups excluding carboxylic acids is 1. The molecule has 0 aromatic carbocycles. The topological polar surface area (TPSA) is 128 Å². The first-order valence-electron chi connectivity index (χ1n) is 10.2. The molecule has 1 atom stereocenters. The Balaban J connectivity index is 2.06. The number of nitrogens with one attached hydrogen (secondary N) is 1. The lowest BCUT2D eigenvalue weighted by molar-refractivity contribution is 0.0981. The van der Waals surface area contributed by atoms with Gasteiger partial charge in [0.25, 0.3) is 15.9 Å². The Morgan fingerprint density at radius 3 is 2.71 bits per heavy atom. The van der Waals surface area contributed by atoms with Crippen LogP contribution in [0, 0.1) is 12.8 Å². The number of nitrogens with zero attached hydrogens (tertiary/aromatic N) is 3.